The molecule has 4 rings (SSSR count). The Hall–Kier alpha value is -3.41. The predicted molar refractivity (Wildman–Crippen MR) is 98.6 cm³/mol. The van der Waals surface area contributed by atoms with Gasteiger partial charge in [-0.1, -0.05) is 12.1 Å². The van der Waals surface area contributed by atoms with Crippen molar-refractivity contribution in [1.82, 2.24) is 29.9 Å². The number of alkyl halides is 3. The smallest absolute Gasteiger partial charge is 0.341 e. The number of carbonyl (C=O) groups is 1. The number of carbonyl (C=O) groups excluding carboxylic acids is 1. The van der Waals surface area contributed by atoms with Crippen LogP contribution >= 0.6 is 11.3 Å². The highest BCUT2D eigenvalue weighted by atomic mass is 32.1. The molecule has 1 amide bonds. The average molecular weight is 422 g/mol. The molecule has 0 radical (unpaired) electrons. The predicted octanol–water partition coefficient (Wildman–Crippen LogP) is 2.98. The maximum absolute atomic E-state index is 13.0. The highest BCUT2D eigenvalue weighted by molar-refractivity contribution is 7.15. The average Bonchev–Trinajstić information content (AvgIpc) is 3.36. The monoisotopic (exact) mass is 422 g/mol. The van der Waals surface area contributed by atoms with Gasteiger partial charge >= 0.3 is 11.9 Å². The maximum Gasteiger partial charge on any atom is 0.416 e. The first-order valence-electron chi connectivity index (χ1n) is 8.32. The van der Waals surface area contributed by atoms with Gasteiger partial charge < -0.3 is 5.32 Å². The highest BCUT2D eigenvalue weighted by Crippen LogP contribution is 2.32. The van der Waals surface area contributed by atoms with E-state index < -0.39 is 29.4 Å². The van der Waals surface area contributed by atoms with Crippen molar-refractivity contribution in [3.63, 3.8) is 0 Å². The van der Waals surface area contributed by atoms with Gasteiger partial charge in [-0.15, -0.1) is 11.3 Å². The van der Waals surface area contributed by atoms with Gasteiger partial charge in [-0.2, -0.15) is 18.3 Å². The van der Waals surface area contributed by atoms with Gasteiger partial charge in [0.1, 0.15) is 5.69 Å². The molecule has 0 fully saturated rings. The van der Waals surface area contributed by atoms with Crippen molar-refractivity contribution in [3.05, 3.63) is 63.4 Å². The molecule has 0 saturated carbocycles. The molecule has 3 N–H and O–H groups in total. The number of aromatic nitrogens is 5. The molecular weight excluding hydrogens is 409 g/mol. The SMILES string of the molecule is CC(NC(=O)c1csc2nc(-c3cccc(C(F)(F)F)c3)cn12)c1n[nH]c(=O)[nH]1. The first-order chi connectivity index (χ1) is 13.7. The molecule has 1 aromatic carbocycles. The summed E-state index contributed by atoms with van der Waals surface area (Å²) in [7, 11) is 0. The van der Waals surface area contributed by atoms with Crippen LogP contribution in [-0.2, 0) is 6.18 Å². The quantitative estimate of drug-likeness (QED) is 0.470. The van der Waals surface area contributed by atoms with Crippen molar-refractivity contribution in [2.24, 2.45) is 0 Å². The van der Waals surface area contributed by atoms with E-state index in [-0.39, 0.29) is 11.5 Å². The lowest BCUT2D eigenvalue weighted by Crippen LogP contribution is -2.28. The molecular formula is C17H13F3N6O2S. The summed E-state index contributed by atoms with van der Waals surface area (Å²) in [5.41, 5.74) is -0.378. The Morgan fingerprint density at radius 1 is 1.34 bits per heavy atom. The van der Waals surface area contributed by atoms with Crippen molar-refractivity contribution in [2.75, 3.05) is 0 Å². The van der Waals surface area contributed by atoms with Crippen LogP contribution in [0.1, 0.15) is 34.8 Å². The summed E-state index contributed by atoms with van der Waals surface area (Å²) in [5, 5.41) is 10.3. The molecule has 3 heterocycles. The first kappa shape index (κ1) is 18.9. The van der Waals surface area contributed by atoms with Crippen LogP contribution in [0.15, 0.2) is 40.6 Å². The van der Waals surface area contributed by atoms with Crippen LogP contribution in [0.3, 0.4) is 0 Å². The van der Waals surface area contributed by atoms with E-state index in [9.17, 15) is 22.8 Å². The number of imidazole rings is 1. The largest absolute Gasteiger partial charge is 0.416 e. The van der Waals surface area contributed by atoms with E-state index in [4.69, 9.17) is 0 Å². The number of H-pyrrole nitrogens is 2. The third-order valence-corrected chi connectivity index (χ3v) is 5.04. The van der Waals surface area contributed by atoms with Gasteiger partial charge in [0, 0.05) is 17.1 Å². The molecule has 8 nitrogen and oxygen atoms in total. The Balaban J connectivity index is 1.62. The standard InChI is InChI=1S/C17H13F3N6O2S/c1-8(13-23-15(28)25-24-13)21-14(27)12-7-29-16-22-11(6-26(12)16)9-3-2-4-10(5-9)17(18,19)20/h2-8H,1H3,(H,21,27)(H2,23,24,25,28). The second kappa shape index (κ2) is 6.88. The molecule has 0 bridgehead atoms. The number of nitrogens with one attached hydrogen (secondary N) is 3. The summed E-state index contributed by atoms with van der Waals surface area (Å²) in [5.74, 6) is -0.175. The second-order valence-corrected chi connectivity index (χ2v) is 7.07. The van der Waals surface area contributed by atoms with Crippen LogP contribution in [0, 0.1) is 0 Å². The number of benzene rings is 1. The third kappa shape index (κ3) is 3.66. The van der Waals surface area contributed by atoms with Gasteiger partial charge in [0.2, 0.25) is 0 Å². The lowest BCUT2D eigenvalue weighted by atomic mass is 10.1. The second-order valence-electron chi connectivity index (χ2n) is 6.24. The van der Waals surface area contributed by atoms with Crippen LogP contribution in [0.2, 0.25) is 0 Å². The van der Waals surface area contributed by atoms with Crippen molar-refractivity contribution in [3.8, 4) is 11.3 Å². The zero-order valence-electron chi connectivity index (χ0n) is 14.7. The number of hydrogen-bond acceptors (Lipinski definition) is 5. The van der Waals surface area contributed by atoms with Crippen LogP contribution in [-0.4, -0.2) is 30.5 Å². The fraction of sp³-hybridized carbons (Fsp3) is 0.176. The van der Waals surface area contributed by atoms with E-state index in [1.165, 1.54) is 34.1 Å². The normalized spacial score (nSPS) is 13.0. The number of hydrogen-bond donors (Lipinski definition) is 3. The zero-order chi connectivity index (χ0) is 20.8. The van der Waals surface area contributed by atoms with Crippen LogP contribution < -0.4 is 11.0 Å². The van der Waals surface area contributed by atoms with E-state index in [0.717, 1.165) is 12.1 Å². The molecule has 4 aromatic rings. The molecule has 12 heteroatoms. The molecule has 0 spiro atoms. The summed E-state index contributed by atoms with van der Waals surface area (Å²) >= 11 is 1.18. The summed E-state index contributed by atoms with van der Waals surface area (Å²) in [6.45, 7) is 1.65. The number of aromatic amines is 2. The fourth-order valence-electron chi connectivity index (χ4n) is 2.77. The van der Waals surface area contributed by atoms with E-state index in [0.29, 0.717) is 16.2 Å². The van der Waals surface area contributed by atoms with Crippen molar-refractivity contribution in [1.29, 1.82) is 0 Å². The number of halogens is 3. The van der Waals surface area contributed by atoms with Gasteiger partial charge in [0.25, 0.3) is 5.91 Å². The van der Waals surface area contributed by atoms with Gasteiger partial charge in [-0.3, -0.25) is 14.2 Å². The summed E-state index contributed by atoms with van der Waals surface area (Å²) in [6, 6.07) is 4.27. The Kier molecular flexibility index (Phi) is 4.49. The number of thiazole rings is 1. The topological polar surface area (TPSA) is 108 Å². The minimum Gasteiger partial charge on any atom is -0.341 e. The lowest BCUT2D eigenvalue weighted by Gasteiger charge is -2.10. The van der Waals surface area contributed by atoms with Gasteiger partial charge in [0.15, 0.2) is 10.8 Å². The minimum absolute atomic E-state index is 0.264. The number of rotatable bonds is 4. The van der Waals surface area contributed by atoms with Gasteiger partial charge in [-0.25, -0.2) is 14.9 Å². The van der Waals surface area contributed by atoms with Crippen LogP contribution in [0.5, 0.6) is 0 Å². The minimum atomic E-state index is -4.46. The van der Waals surface area contributed by atoms with E-state index in [2.05, 4.69) is 25.5 Å². The van der Waals surface area contributed by atoms with E-state index in [1.807, 2.05) is 0 Å². The molecule has 3 aromatic heterocycles. The van der Waals surface area contributed by atoms with Crippen LogP contribution in [0.25, 0.3) is 16.2 Å². The number of nitrogens with zero attached hydrogens (tertiary/aromatic N) is 3. The van der Waals surface area contributed by atoms with Crippen molar-refractivity contribution < 1.29 is 18.0 Å². The molecule has 1 atom stereocenters. The third-order valence-electron chi connectivity index (χ3n) is 4.20. The van der Waals surface area contributed by atoms with E-state index >= 15 is 0 Å². The Morgan fingerprint density at radius 3 is 2.83 bits per heavy atom. The molecule has 0 aliphatic carbocycles. The first-order valence-corrected chi connectivity index (χ1v) is 9.20. The Labute approximate surface area is 164 Å². The Bertz CT molecular complexity index is 1250. The maximum atomic E-state index is 13.0. The van der Waals surface area contributed by atoms with Gasteiger partial charge in [0.05, 0.1) is 17.3 Å². The highest BCUT2D eigenvalue weighted by Gasteiger charge is 2.30. The molecule has 29 heavy (non-hydrogen) atoms. The molecule has 0 aliphatic rings. The fourth-order valence-corrected chi connectivity index (χ4v) is 3.62. The van der Waals surface area contributed by atoms with E-state index in [1.54, 1.807) is 12.3 Å². The molecule has 150 valence electrons. The van der Waals surface area contributed by atoms with Crippen molar-refractivity contribution in [2.45, 2.75) is 19.1 Å². The van der Waals surface area contributed by atoms with Crippen LogP contribution in [0.4, 0.5) is 13.2 Å². The molecule has 0 aliphatic heterocycles. The number of amides is 1. The molecule has 0 saturated heterocycles. The zero-order valence-corrected chi connectivity index (χ0v) is 15.6. The summed E-state index contributed by atoms with van der Waals surface area (Å²) in [4.78, 5) is 31.0. The lowest BCUT2D eigenvalue weighted by molar-refractivity contribution is -0.137. The van der Waals surface area contributed by atoms with Gasteiger partial charge in [-0.05, 0) is 19.1 Å². The van der Waals surface area contributed by atoms with Crippen molar-refractivity contribution >= 4 is 22.2 Å². The Morgan fingerprint density at radius 2 is 2.14 bits per heavy atom. The summed E-state index contributed by atoms with van der Waals surface area (Å²) < 4.78 is 40.4. The number of fused-ring (bicyclic) bond motifs is 1. The summed E-state index contributed by atoms with van der Waals surface area (Å²) in [6.07, 6.45) is -2.95. The molecule has 1 unspecified atom stereocenters.